The number of imide groups is 1. The van der Waals surface area contributed by atoms with Gasteiger partial charge in [-0.1, -0.05) is 30.3 Å². The van der Waals surface area contributed by atoms with E-state index in [1.807, 2.05) is 18.2 Å². The van der Waals surface area contributed by atoms with Crippen molar-refractivity contribution in [2.24, 2.45) is 4.99 Å². The predicted octanol–water partition coefficient (Wildman–Crippen LogP) is 2.75. The molecule has 0 bridgehead atoms. The van der Waals surface area contributed by atoms with Crippen molar-refractivity contribution in [2.75, 3.05) is 26.7 Å². The summed E-state index contributed by atoms with van der Waals surface area (Å²) < 4.78 is 5.71. The van der Waals surface area contributed by atoms with Crippen molar-refractivity contribution < 1.29 is 14.3 Å². The summed E-state index contributed by atoms with van der Waals surface area (Å²) >= 11 is 0. The van der Waals surface area contributed by atoms with Gasteiger partial charge in [0.25, 0.3) is 11.8 Å². The Hall–Kier alpha value is -3.35. The summed E-state index contributed by atoms with van der Waals surface area (Å²) in [6.45, 7) is 1.80. The van der Waals surface area contributed by atoms with Gasteiger partial charge in [0.05, 0.1) is 23.8 Å². The van der Waals surface area contributed by atoms with Crippen LogP contribution in [0.1, 0.15) is 51.6 Å². The molecule has 0 saturated carbocycles. The fraction of sp³-hybridized carbons (Fsp3) is 0.348. The molecule has 156 valence electrons. The molecule has 0 radical (unpaired) electrons. The van der Waals surface area contributed by atoms with E-state index in [0.29, 0.717) is 30.8 Å². The van der Waals surface area contributed by atoms with E-state index >= 15 is 0 Å². The lowest BCUT2D eigenvalue weighted by molar-refractivity contribution is 0.0652. The van der Waals surface area contributed by atoms with Gasteiger partial charge in [0.1, 0.15) is 5.75 Å². The van der Waals surface area contributed by atoms with Crippen LogP contribution >= 0.6 is 0 Å². The number of hydrogen-bond donors (Lipinski definition) is 2. The van der Waals surface area contributed by atoms with Crippen LogP contribution in [-0.2, 0) is 0 Å². The molecule has 2 aliphatic rings. The number of aliphatic imine (C=N–C) groups is 1. The Labute approximate surface area is 176 Å². The van der Waals surface area contributed by atoms with E-state index in [9.17, 15) is 9.59 Å². The van der Waals surface area contributed by atoms with Gasteiger partial charge in [-0.15, -0.1) is 0 Å². The second kappa shape index (κ2) is 8.98. The Kier molecular flexibility index (Phi) is 5.97. The van der Waals surface area contributed by atoms with Crippen molar-refractivity contribution in [3.8, 4) is 5.75 Å². The van der Waals surface area contributed by atoms with Gasteiger partial charge in [0, 0.05) is 32.1 Å². The SMILES string of the molecule is CN=C(NCCCCN1C(=O)c2ccccc2C1=O)NC1CCOc2ccccc21. The number of unbranched alkanes of at least 4 members (excludes halogenated alkanes) is 1. The molecule has 2 heterocycles. The molecule has 7 nitrogen and oxygen atoms in total. The van der Waals surface area contributed by atoms with Crippen LogP contribution in [0.3, 0.4) is 0 Å². The van der Waals surface area contributed by atoms with Crippen molar-refractivity contribution in [3.05, 3.63) is 65.2 Å². The summed E-state index contributed by atoms with van der Waals surface area (Å²) in [6, 6.07) is 15.2. The summed E-state index contributed by atoms with van der Waals surface area (Å²) in [5, 5.41) is 6.78. The van der Waals surface area contributed by atoms with Gasteiger partial charge < -0.3 is 15.4 Å². The molecule has 2 amide bonds. The van der Waals surface area contributed by atoms with E-state index in [1.165, 1.54) is 4.90 Å². The number of nitrogens with one attached hydrogen (secondary N) is 2. The van der Waals surface area contributed by atoms with Gasteiger partial charge in [-0.05, 0) is 31.0 Å². The topological polar surface area (TPSA) is 83.0 Å². The number of benzene rings is 2. The third-order valence-corrected chi connectivity index (χ3v) is 5.47. The molecular weight excluding hydrogens is 380 g/mol. The Balaban J connectivity index is 1.23. The zero-order valence-electron chi connectivity index (χ0n) is 17.1. The van der Waals surface area contributed by atoms with Crippen LogP contribution in [0.25, 0.3) is 0 Å². The van der Waals surface area contributed by atoms with Crippen LogP contribution < -0.4 is 15.4 Å². The predicted molar refractivity (Wildman–Crippen MR) is 115 cm³/mol. The minimum atomic E-state index is -0.195. The third-order valence-electron chi connectivity index (χ3n) is 5.47. The molecule has 1 unspecified atom stereocenters. The van der Waals surface area contributed by atoms with Crippen molar-refractivity contribution in [1.82, 2.24) is 15.5 Å². The second-order valence-corrected chi connectivity index (χ2v) is 7.39. The highest BCUT2D eigenvalue weighted by atomic mass is 16.5. The first-order valence-corrected chi connectivity index (χ1v) is 10.3. The monoisotopic (exact) mass is 406 g/mol. The molecule has 2 N–H and O–H groups in total. The summed E-state index contributed by atoms with van der Waals surface area (Å²) in [5.74, 6) is 1.26. The molecule has 0 aliphatic carbocycles. The van der Waals surface area contributed by atoms with Crippen LogP contribution in [0.15, 0.2) is 53.5 Å². The first-order valence-electron chi connectivity index (χ1n) is 10.3. The number of carbonyl (C=O) groups excluding carboxylic acids is 2. The highest BCUT2D eigenvalue weighted by Gasteiger charge is 2.34. The average molecular weight is 406 g/mol. The number of amides is 2. The lowest BCUT2D eigenvalue weighted by Gasteiger charge is -2.28. The van der Waals surface area contributed by atoms with E-state index in [4.69, 9.17) is 4.74 Å². The van der Waals surface area contributed by atoms with Crippen molar-refractivity contribution >= 4 is 17.8 Å². The van der Waals surface area contributed by atoms with Crippen LogP contribution in [-0.4, -0.2) is 49.4 Å². The number of hydrogen-bond acceptors (Lipinski definition) is 4. The van der Waals surface area contributed by atoms with Gasteiger partial charge in [-0.25, -0.2) is 0 Å². The van der Waals surface area contributed by atoms with Gasteiger partial charge in [-0.3, -0.25) is 19.5 Å². The molecule has 2 aliphatic heterocycles. The normalized spacial score (nSPS) is 18.0. The maximum Gasteiger partial charge on any atom is 0.261 e. The van der Waals surface area contributed by atoms with E-state index in [-0.39, 0.29) is 17.9 Å². The van der Waals surface area contributed by atoms with Crippen LogP contribution in [0.5, 0.6) is 5.75 Å². The number of fused-ring (bicyclic) bond motifs is 2. The van der Waals surface area contributed by atoms with Gasteiger partial charge in [0.2, 0.25) is 0 Å². The van der Waals surface area contributed by atoms with E-state index in [1.54, 1.807) is 31.3 Å². The molecule has 0 saturated heterocycles. The Morgan fingerprint density at radius 3 is 2.50 bits per heavy atom. The van der Waals surface area contributed by atoms with Crippen LogP contribution in [0.2, 0.25) is 0 Å². The maximum absolute atomic E-state index is 12.4. The summed E-state index contributed by atoms with van der Waals surface area (Å²) in [6.07, 6.45) is 2.42. The minimum Gasteiger partial charge on any atom is -0.493 e. The minimum absolute atomic E-state index is 0.152. The van der Waals surface area contributed by atoms with Crippen molar-refractivity contribution in [1.29, 1.82) is 0 Å². The lowest BCUT2D eigenvalue weighted by atomic mass is 10.0. The summed E-state index contributed by atoms with van der Waals surface area (Å²) in [4.78, 5) is 30.5. The molecule has 4 rings (SSSR count). The number of carbonyl (C=O) groups is 2. The Bertz CT molecular complexity index is 937. The molecule has 0 spiro atoms. The first kappa shape index (κ1) is 19.9. The Morgan fingerprint density at radius 2 is 1.77 bits per heavy atom. The molecule has 2 aromatic carbocycles. The Morgan fingerprint density at radius 1 is 1.07 bits per heavy atom. The van der Waals surface area contributed by atoms with Crippen LogP contribution in [0, 0.1) is 0 Å². The molecule has 0 aromatic heterocycles. The fourth-order valence-corrected chi connectivity index (χ4v) is 3.90. The molecule has 30 heavy (non-hydrogen) atoms. The van der Waals surface area contributed by atoms with Crippen LogP contribution in [0.4, 0.5) is 0 Å². The van der Waals surface area contributed by atoms with E-state index in [2.05, 4.69) is 21.7 Å². The smallest absolute Gasteiger partial charge is 0.261 e. The highest BCUT2D eigenvalue weighted by Crippen LogP contribution is 2.31. The van der Waals surface area contributed by atoms with E-state index in [0.717, 1.165) is 36.5 Å². The second-order valence-electron chi connectivity index (χ2n) is 7.39. The molecule has 0 fully saturated rings. The van der Waals surface area contributed by atoms with E-state index < -0.39 is 0 Å². The molecule has 7 heteroatoms. The summed E-state index contributed by atoms with van der Waals surface area (Å²) in [5.41, 5.74) is 2.14. The molecule has 1 atom stereocenters. The zero-order valence-corrected chi connectivity index (χ0v) is 17.1. The number of para-hydroxylation sites is 1. The standard InChI is InChI=1S/C23H26N4O3/c1-24-23(26-19-12-15-30-20-11-5-4-10-18(19)20)25-13-6-7-14-27-21(28)16-8-2-3-9-17(16)22(27)29/h2-5,8-11,19H,6-7,12-15H2,1H3,(H2,24,25,26). The van der Waals surface area contributed by atoms with Crippen molar-refractivity contribution in [2.45, 2.75) is 25.3 Å². The average Bonchev–Trinajstić information content (AvgIpc) is 3.03. The fourth-order valence-electron chi connectivity index (χ4n) is 3.90. The summed E-state index contributed by atoms with van der Waals surface area (Å²) in [7, 11) is 1.75. The number of rotatable bonds is 6. The zero-order chi connectivity index (χ0) is 20.9. The largest absolute Gasteiger partial charge is 0.493 e. The maximum atomic E-state index is 12.4. The first-order chi connectivity index (χ1) is 14.7. The third kappa shape index (κ3) is 4.01. The van der Waals surface area contributed by atoms with Gasteiger partial charge in [0.15, 0.2) is 5.96 Å². The number of ether oxygens (including phenoxy) is 1. The molecular formula is C23H26N4O3. The highest BCUT2D eigenvalue weighted by molar-refractivity contribution is 6.21. The quantitative estimate of drug-likeness (QED) is 0.334. The van der Waals surface area contributed by atoms with Gasteiger partial charge >= 0.3 is 0 Å². The molecule has 2 aromatic rings. The number of nitrogens with zero attached hydrogens (tertiary/aromatic N) is 2. The number of guanidine groups is 1. The van der Waals surface area contributed by atoms with Gasteiger partial charge in [-0.2, -0.15) is 0 Å². The van der Waals surface area contributed by atoms with Crippen molar-refractivity contribution in [3.63, 3.8) is 0 Å². The lowest BCUT2D eigenvalue weighted by Crippen LogP contribution is -2.41.